The Morgan fingerprint density at radius 3 is 2.75 bits per heavy atom. The number of aromatic nitrogens is 2. The topological polar surface area (TPSA) is 37.5 Å². The summed E-state index contributed by atoms with van der Waals surface area (Å²) in [6, 6.07) is 3.49. The predicted octanol–water partition coefficient (Wildman–Crippen LogP) is 3.39. The lowest BCUT2D eigenvalue weighted by Gasteiger charge is -2.16. The Balaban J connectivity index is 2.60. The Morgan fingerprint density at radius 1 is 1.44 bits per heavy atom. The van der Waals surface area contributed by atoms with Crippen LogP contribution < -0.4 is 0 Å². The van der Waals surface area contributed by atoms with Gasteiger partial charge in [0.25, 0.3) is 0 Å². The molecule has 2 heterocycles. The number of hydrogen-bond acceptors (Lipinski definition) is 2. The van der Waals surface area contributed by atoms with Crippen LogP contribution in [0.25, 0.3) is 5.52 Å². The molecule has 86 valence electrons. The van der Waals surface area contributed by atoms with Gasteiger partial charge in [-0.1, -0.05) is 20.8 Å². The zero-order valence-electron chi connectivity index (χ0n) is 9.66. The van der Waals surface area contributed by atoms with Gasteiger partial charge in [-0.15, -0.1) is 0 Å². The molecule has 0 unspecified atom stereocenters. The third-order valence-corrected chi connectivity index (χ3v) is 2.91. The molecule has 0 aliphatic heterocycles. The maximum Gasteiger partial charge on any atom is 0.142 e. The second-order valence-electron chi connectivity index (χ2n) is 5.17. The minimum Gasteiger partial charge on any atom is -0.506 e. The van der Waals surface area contributed by atoms with Gasteiger partial charge in [-0.2, -0.15) is 0 Å². The number of aromatic hydroxyl groups is 1. The summed E-state index contributed by atoms with van der Waals surface area (Å²) < 4.78 is 2.63. The quantitative estimate of drug-likeness (QED) is 0.871. The van der Waals surface area contributed by atoms with Crippen molar-refractivity contribution in [1.29, 1.82) is 0 Å². The maximum atomic E-state index is 9.77. The Hall–Kier alpha value is -1.03. The van der Waals surface area contributed by atoms with E-state index in [1.165, 1.54) is 0 Å². The normalized spacial score (nSPS) is 12.2. The highest BCUT2D eigenvalue weighted by Crippen LogP contribution is 2.29. The van der Waals surface area contributed by atoms with Crippen LogP contribution in [0.4, 0.5) is 0 Å². The summed E-state index contributed by atoms with van der Waals surface area (Å²) in [6.07, 6.45) is 2.79. The summed E-state index contributed by atoms with van der Waals surface area (Å²) >= 11 is 3.38. The SMILES string of the molecule is CC(C)(C)Cc1nc(Br)c2c(O)cccn12. The van der Waals surface area contributed by atoms with Crippen molar-refractivity contribution in [3.05, 3.63) is 28.8 Å². The number of pyridine rings is 1. The molecule has 0 aromatic carbocycles. The molecule has 0 bridgehead atoms. The van der Waals surface area contributed by atoms with Crippen LogP contribution in [0.2, 0.25) is 0 Å². The second-order valence-corrected chi connectivity index (χ2v) is 5.92. The first kappa shape index (κ1) is 11.5. The molecule has 0 radical (unpaired) electrons. The van der Waals surface area contributed by atoms with Gasteiger partial charge in [0.15, 0.2) is 0 Å². The van der Waals surface area contributed by atoms with Gasteiger partial charge in [-0.05, 0) is 33.5 Å². The maximum absolute atomic E-state index is 9.77. The number of rotatable bonds is 1. The van der Waals surface area contributed by atoms with Crippen molar-refractivity contribution in [2.45, 2.75) is 27.2 Å². The lowest BCUT2D eigenvalue weighted by atomic mass is 9.92. The first-order valence-electron chi connectivity index (χ1n) is 5.23. The number of hydrogen-bond donors (Lipinski definition) is 1. The van der Waals surface area contributed by atoms with E-state index in [9.17, 15) is 5.11 Å². The number of fused-ring (bicyclic) bond motifs is 1. The summed E-state index contributed by atoms with van der Waals surface area (Å²) in [5.41, 5.74) is 0.911. The molecule has 4 heteroatoms. The molecule has 0 aliphatic rings. The fraction of sp³-hybridized carbons (Fsp3) is 0.417. The van der Waals surface area contributed by atoms with E-state index in [1.807, 2.05) is 16.7 Å². The summed E-state index contributed by atoms with van der Waals surface area (Å²) in [5, 5.41) is 9.77. The van der Waals surface area contributed by atoms with Crippen LogP contribution in [0.1, 0.15) is 26.6 Å². The van der Waals surface area contributed by atoms with Crippen molar-refractivity contribution >= 4 is 21.4 Å². The van der Waals surface area contributed by atoms with Gasteiger partial charge in [-0.3, -0.25) is 4.40 Å². The standard InChI is InChI=1S/C12H15BrN2O/c1-12(2,3)7-9-14-11(13)10-8(16)5-4-6-15(9)10/h4-6,16H,7H2,1-3H3. The van der Waals surface area contributed by atoms with Gasteiger partial charge < -0.3 is 5.11 Å². The van der Waals surface area contributed by atoms with Crippen LogP contribution in [0.5, 0.6) is 5.75 Å². The Morgan fingerprint density at radius 2 is 2.12 bits per heavy atom. The molecule has 0 atom stereocenters. The summed E-state index contributed by atoms with van der Waals surface area (Å²) in [6.45, 7) is 6.51. The van der Waals surface area contributed by atoms with Crippen LogP contribution in [-0.2, 0) is 6.42 Å². The van der Waals surface area contributed by atoms with Crippen molar-refractivity contribution in [2.75, 3.05) is 0 Å². The van der Waals surface area contributed by atoms with Crippen LogP contribution in [-0.4, -0.2) is 14.5 Å². The second kappa shape index (κ2) is 3.77. The summed E-state index contributed by atoms with van der Waals surface area (Å²) in [5.74, 6) is 1.22. The first-order chi connectivity index (χ1) is 7.38. The molecule has 0 saturated carbocycles. The van der Waals surface area contributed by atoms with Crippen molar-refractivity contribution in [3.63, 3.8) is 0 Å². The van der Waals surface area contributed by atoms with E-state index in [1.54, 1.807) is 6.07 Å². The lowest BCUT2D eigenvalue weighted by Crippen LogP contribution is -2.11. The van der Waals surface area contributed by atoms with E-state index in [2.05, 4.69) is 41.7 Å². The highest BCUT2D eigenvalue weighted by atomic mass is 79.9. The van der Waals surface area contributed by atoms with Crippen molar-refractivity contribution in [1.82, 2.24) is 9.38 Å². The molecular formula is C12H15BrN2O. The Labute approximate surface area is 103 Å². The summed E-state index contributed by atoms with van der Waals surface area (Å²) in [4.78, 5) is 4.46. The highest BCUT2D eigenvalue weighted by molar-refractivity contribution is 9.10. The molecule has 2 aromatic rings. The van der Waals surface area contributed by atoms with Crippen molar-refractivity contribution in [2.24, 2.45) is 5.41 Å². The van der Waals surface area contributed by atoms with Crippen LogP contribution in [0.3, 0.4) is 0 Å². The molecule has 0 spiro atoms. The van der Waals surface area contributed by atoms with E-state index in [0.717, 1.165) is 17.8 Å². The third-order valence-electron chi connectivity index (χ3n) is 2.36. The monoisotopic (exact) mass is 282 g/mol. The van der Waals surface area contributed by atoms with Gasteiger partial charge in [0, 0.05) is 12.6 Å². The van der Waals surface area contributed by atoms with Gasteiger partial charge in [0.2, 0.25) is 0 Å². The minimum atomic E-state index is 0.173. The Kier molecular flexibility index (Phi) is 2.70. The van der Waals surface area contributed by atoms with Gasteiger partial charge in [0.05, 0.1) is 0 Å². The van der Waals surface area contributed by atoms with E-state index < -0.39 is 0 Å². The number of halogens is 1. The van der Waals surface area contributed by atoms with E-state index in [4.69, 9.17) is 0 Å². The average molecular weight is 283 g/mol. The molecule has 1 N–H and O–H groups in total. The molecule has 0 aliphatic carbocycles. The van der Waals surface area contributed by atoms with Gasteiger partial charge in [-0.25, -0.2) is 4.98 Å². The van der Waals surface area contributed by atoms with Crippen LogP contribution >= 0.6 is 15.9 Å². The van der Waals surface area contributed by atoms with Crippen molar-refractivity contribution < 1.29 is 5.11 Å². The molecule has 0 saturated heterocycles. The molecule has 2 aromatic heterocycles. The fourth-order valence-corrected chi connectivity index (χ4v) is 2.34. The zero-order valence-corrected chi connectivity index (χ0v) is 11.2. The first-order valence-corrected chi connectivity index (χ1v) is 6.02. The van der Waals surface area contributed by atoms with Crippen LogP contribution in [0.15, 0.2) is 22.9 Å². The smallest absolute Gasteiger partial charge is 0.142 e. The molecule has 0 amide bonds. The predicted molar refractivity (Wildman–Crippen MR) is 67.7 cm³/mol. The Bertz CT molecular complexity index is 526. The molecular weight excluding hydrogens is 268 g/mol. The van der Waals surface area contributed by atoms with Gasteiger partial charge in [0.1, 0.15) is 21.7 Å². The molecule has 16 heavy (non-hydrogen) atoms. The molecule has 0 fully saturated rings. The third kappa shape index (κ3) is 2.07. The average Bonchev–Trinajstić information content (AvgIpc) is 2.42. The highest BCUT2D eigenvalue weighted by Gasteiger charge is 2.18. The fourth-order valence-electron chi connectivity index (χ4n) is 1.74. The summed E-state index contributed by atoms with van der Waals surface area (Å²) in [7, 11) is 0. The molecule has 2 rings (SSSR count). The van der Waals surface area contributed by atoms with E-state index in [-0.39, 0.29) is 11.2 Å². The van der Waals surface area contributed by atoms with Crippen LogP contribution in [0, 0.1) is 5.41 Å². The minimum absolute atomic E-state index is 0.173. The number of nitrogens with zero attached hydrogens (tertiary/aromatic N) is 2. The van der Waals surface area contributed by atoms with Gasteiger partial charge >= 0.3 is 0 Å². The van der Waals surface area contributed by atoms with E-state index >= 15 is 0 Å². The largest absolute Gasteiger partial charge is 0.506 e. The molecule has 3 nitrogen and oxygen atoms in total. The van der Waals surface area contributed by atoms with Crippen molar-refractivity contribution in [3.8, 4) is 5.75 Å². The van der Waals surface area contributed by atoms with E-state index in [0.29, 0.717) is 4.60 Å². The lowest BCUT2D eigenvalue weighted by molar-refractivity contribution is 0.399. The zero-order chi connectivity index (χ0) is 11.9. The number of imidazole rings is 1.